The maximum absolute atomic E-state index is 13.1. The van der Waals surface area contributed by atoms with Gasteiger partial charge in [-0.15, -0.1) is 0 Å². The number of benzene rings is 1. The second-order valence-corrected chi connectivity index (χ2v) is 5.63. The number of anilines is 1. The third kappa shape index (κ3) is 4.67. The van der Waals surface area contributed by atoms with Crippen molar-refractivity contribution in [3.63, 3.8) is 0 Å². The summed E-state index contributed by atoms with van der Waals surface area (Å²) in [6.45, 7) is 2.18. The van der Waals surface area contributed by atoms with Crippen molar-refractivity contribution in [2.45, 2.75) is 6.92 Å². The SMILES string of the molecule is CCOCCS(=O)(=O)Nc1ccc(F)cc1/C(N)=N/O. The van der Waals surface area contributed by atoms with E-state index in [1.807, 2.05) is 0 Å². The van der Waals surface area contributed by atoms with Gasteiger partial charge in [0.1, 0.15) is 5.82 Å². The van der Waals surface area contributed by atoms with Crippen LogP contribution < -0.4 is 10.5 Å². The molecule has 0 saturated heterocycles. The van der Waals surface area contributed by atoms with E-state index in [-0.39, 0.29) is 23.6 Å². The van der Waals surface area contributed by atoms with Gasteiger partial charge >= 0.3 is 0 Å². The molecule has 0 spiro atoms. The predicted molar refractivity (Wildman–Crippen MR) is 72.8 cm³/mol. The average Bonchev–Trinajstić information content (AvgIpc) is 2.40. The van der Waals surface area contributed by atoms with Gasteiger partial charge in [0.15, 0.2) is 5.84 Å². The van der Waals surface area contributed by atoms with Gasteiger partial charge in [-0.25, -0.2) is 12.8 Å². The lowest BCUT2D eigenvalue weighted by Crippen LogP contribution is -2.23. The number of amidine groups is 1. The molecule has 0 aliphatic carbocycles. The quantitative estimate of drug-likeness (QED) is 0.225. The van der Waals surface area contributed by atoms with Crippen molar-refractivity contribution in [3.05, 3.63) is 29.6 Å². The molecule has 0 aromatic heterocycles. The molecule has 0 fully saturated rings. The lowest BCUT2D eigenvalue weighted by molar-refractivity contribution is 0.163. The van der Waals surface area contributed by atoms with E-state index in [9.17, 15) is 12.8 Å². The number of sulfonamides is 1. The highest BCUT2D eigenvalue weighted by Crippen LogP contribution is 2.18. The molecular formula is C11H16FN3O4S. The van der Waals surface area contributed by atoms with Gasteiger partial charge in [0.2, 0.25) is 10.0 Å². The van der Waals surface area contributed by atoms with Crippen molar-refractivity contribution in [1.29, 1.82) is 0 Å². The first kappa shape index (κ1) is 16.2. The molecule has 0 heterocycles. The number of nitrogens with zero attached hydrogens (tertiary/aromatic N) is 1. The minimum absolute atomic E-state index is 0.0261. The van der Waals surface area contributed by atoms with E-state index >= 15 is 0 Å². The highest BCUT2D eigenvalue weighted by atomic mass is 32.2. The van der Waals surface area contributed by atoms with Gasteiger partial charge in [-0.1, -0.05) is 5.16 Å². The normalized spacial score (nSPS) is 12.4. The number of nitrogens with one attached hydrogen (secondary N) is 1. The minimum atomic E-state index is -3.67. The fraction of sp³-hybridized carbons (Fsp3) is 0.364. The topological polar surface area (TPSA) is 114 Å². The molecule has 7 nitrogen and oxygen atoms in total. The van der Waals surface area contributed by atoms with Crippen molar-refractivity contribution >= 4 is 21.5 Å². The van der Waals surface area contributed by atoms with Gasteiger partial charge in [0, 0.05) is 12.2 Å². The summed E-state index contributed by atoms with van der Waals surface area (Å²) in [5, 5.41) is 11.4. The molecule has 0 aliphatic heterocycles. The minimum Gasteiger partial charge on any atom is -0.409 e. The summed E-state index contributed by atoms with van der Waals surface area (Å²) in [7, 11) is -3.67. The molecule has 1 rings (SSSR count). The molecule has 4 N–H and O–H groups in total. The maximum atomic E-state index is 13.1. The molecule has 0 bridgehead atoms. The van der Waals surface area contributed by atoms with Gasteiger partial charge in [0.05, 0.1) is 18.0 Å². The fourth-order valence-corrected chi connectivity index (χ4v) is 2.36. The third-order valence-corrected chi connectivity index (χ3v) is 3.57. The van der Waals surface area contributed by atoms with E-state index < -0.39 is 21.7 Å². The highest BCUT2D eigenvalue weighted by Gasteiger charge is 2.15. The Kier molecular flexibility index (Phi) is 5.71. The molecule has 0 amide bonds. The van der Waals surface area contributed by atoms with E-state index in [1.54, 1.807) is 6.92 Å². The first-order chi connectivity index (χ1) is 9.39. The van der Waals surface area contributed by atoms with E-state index in [0.717, 1.165) is 12.1 Å². The van der Waals surface area contributed by atoms with Gasteiger partial charge < -0.3 is 15.7 Å². The van der Waals surface area contributed by atoms with Crippen LogP contribution in [0.15, 0.2) is 23.4 Å². The first-order valence-corrected chi connectivity index (χ1v) is 7.40. The van der Waals surface area contributed by atoms with Gasteiger partial charge in [-0.2, -0.15) is 0 Å². The van der Waals surface area contributed by atoms with Crippen LogP contribution in [0.3, 0.4) is 0 Å². The van der Waals surface area contributed by atoms with Crippen LogP contribution in [0.4, 0.5) is 10.1 Å². The maximum Gasteiger partial charge on any atom is 0.235 e. The largest absolute Gasteiger partial charge is 0.409 e. The number of nitrogens with two attached hydrogens (primary N) is 1. The van der Waals surface area contributed by atoms with Crippen LogP contribution in [-0.4, -0.2) is 38.4 Å². The van der Waals surface area contributed by atoms with Crippen molar-refractivity contribution in [2.75, 3.05) is 23.7 Å². The Bertz CT molecular complexity index is 589. The Morgan fingerprint density at radius 1 is 1.55 bits per heavy atom. The number of ether oxygens (including phenoxy) is 1. The zero-order valence-electron chi connectivity index (χ0n) is 10.8. The predicted octanol–water partition coefficient (Wildman–Crippen LogP) is 0.698. The molecule has 0 saturated carbocycles. The number of hydrogen-bond acceptors (Lipinski definition) is 5. The van der Waals surface area contributed by atoms with E-state index in [0.29, 0.717) is 6.61 Å². The van der Waals surface area contributed by atoms with Crippen LogP contribution in [0.25, 0.3) is 0 Å². The molecule has 0 aliphatic rings. The van der Waals surface area contributed by atoms with Gasteiger partial charge in [-0.3, -0.25) is 4.72 Å². The second kappa shape index (κ2) is 7.06. The van der Waals surface area contributed by atoms with E-state index in [4.69, 9.17) is 15.7 Å². The summed E-state index contributed by atoms with van der Waals surface area (Å²) in [5.41, 5.74) is 5.36. The van der Waals surface area contributed by atoms with Crippen LogP contribution in [0.1, 0.15) is 12.5 Å². The molecule has 112 valence electrons. The Balaban J connectivity index is 2.97. The lowest BCUT2D eigenvalue weighted by atomic mass is 10.1. The van der Waals surface area contributed by atoms with Gasteiger partial charge in [0.25, 0.3) is 0 Å². The number of rotatable bonds is 7. The van der Waals surface area contributed by atoms with E-state index in [2.05, 4.69) is 9.88 Å². The summed E-state index contributed by atoms with van der Waals surface area (Å²) in [6, 6.07) is 3.23. The lowest BCUT2D eigenvalue weighted by Gasteiger charge is -2.12. The van der Waals surface area contributed by atoms with Crippen LogP contribution in [0.5, 0.6) is 0 Å². The Morgan fingerprint density at radius 2 is 2.25 bits per heavy atom. The van der Waals surface area contributed by atoms with E-state index in [1.165, 1.54) is 6.07 Å². The monoisotopic (exact) mass is 305 g/mol. The van der Waals surface area contributed by atoms with Crippen LogP contribution in [0.2, 0.25) is 0 Å². The van der Waals surface area contributed by atoms with Crippen molar-refractivity contribution < 1.29 is 22.8 Å². The second-order valence-electron chi connectivity index (χ2n) is 3.79. The van der Waals surface area contributed by atoms with Crippen LogP contribution in [-0.2, 0) is 14.8 Å². The zero-order chi connectivity index (χ0) is 15.2. The van der Waals surface area contributed by atoms with Crippen molar-refractivity contribution in [3.8, 4) is 0 Å². The molecule has 9 heteroatoms. The number of halogens is 1. The smallest absolute Gasteiger partial charge is 0.235 e. The Labute approximate surface area is 116 Å². The molecule has 1 aromatic carbocycles. The summed E-state index contributed by atoms with van der Waals surface area (Å²) >= 11 is 0. The summed E-state index contributed by atoms with van der Waals surface area (Å²) in [5.74, 6) is -1.29. The summed E-state index contributed by atoms with van der Waals surface area (Å²) in [4.78, 5) is 0. The number of oxime groups is 1. The fourth-order valence-electron chi connectivity index (χ4n) is 1.40. The third-order valence-electron chi connectivity index (χ3n) is 2.33. The van der Waals surface area contributed by atoms with Gasteiger partial charge in [-0.05, 0) is 25.1 Å². The van der Waals surface area contributed by atoms with Crippen molar-refractivity contribution in [1.82, 2.24) is 0 Å². The standard InChI is InChI=1S/C11H16FN3O4S/c1-2-19-5-6-20(17,18)15-10-4-3-8(12)7-9(10)11(13)14-16/h3-4,7,15-16H,2,5-6H2,1H3,(H2,13,14). The molecule has 0 unspecified atom stereocenters. The zero-order valence-corrected chi connectivity index (χ0v) is 11.7. The Morgan fingerprint density at radius 3 is 2.85 bits per heavy atom. The van der Waals surface area contributed by atoms with Crippen LogP contribution >= 0.6 is 0 Å². The Hall–Kier alpha value is -1.87. The molecule has 1 aromatic rings. The first-order valence-electron chi connectivity index (χ1n) is 5.75. The molecule has 20 heavy (non-hydrogen) atoms. The molecule has 0 radical (unpaired) electrons. The number of hydrogen-bond donors (Lipinski definition) is 3. The van der Waals surface area contributed by atoms with Crippen molar-refractivity contribution in [2.24, 2.45) is 10.9 Å². The van der Waals surface area contributed by atoms with Crippen LogP contribution in [0, 0.1) is 5.82 Å². The molecule has 0 atom stereocenters. The highest BCUT2D eigenvalue weighted by molar-refractivity contribution is 7.92. The summed E-state index contributed by atoms with van der Waals surface area (Å²) in [6.07, 6.45) is 0. The molecular weight excluding hydrogens is 289 g/mol. The summed E-state index contributed by atoms with van der Waals surface area (Å²) < 4.78 is 43.9. The average molecular weight is 305 g/mol.